The second-order valence-corrected chi connectivity index (χ2v) is 8.82. The second-order valence-electron chi connectivity index (χ2n) is 8.00. The first-order valence-electron chi connectivity index (χ1n) is 11.3. The van der Waals surface area contributed by atoms with Crippen LogP contribution in [-0.2, 0) is 4.79 Å². The maximum atomic E-state index is 12.4. The van der Waals surface area contributed by atoms with Crippen LogP contribution in [0.4, 0.5) is 11.4 Å². The first kappa shape index (κ1) is 26.1. The van der Waals surface area contributed by atoms with E-state index in [-0.39, 0.29) is 18.3 Å². The molecule has 6 nitrogen and oxygen atoms in total. The Kier molecular flexibility index (Phi) is 8.67. The number of hydrogen-bond donors (Lipinski definition) is 1. The molecule has 8 heteroatoms. The van der Waals surface area contributed by atoms with Crippen molar-refractivity contribution in [2.24, 2.45) is 4.99 Å². The molecule has 1 N–H and O–H groups in total. The fraction of sp³-hybridized carbons (Fsp3) is 0.103. The van der Waals surface area contributed by atoms with Crippen LogP contribution < -0.4 is 19.5 Å². The van der Waals surface area contributed by atoms with Crippen LogP contribution in [0.5, 0.6) is 23.0 Å². The summed E-state index contributed by atoms with van der Waals surface area (Å²) in [6.07, 6.45) is 1.67. The highest BCUT2D eigenvalue weighted by molar-refractivity contribution is 6.32. The van der Waals surface area contributed by atoms with E-state index in [1.807, 2.05) is 67.6 Å². The molecule has 0 spiro atoms. The van der Waals surface area contributed by atoms with E-state index >= 15 is 0 Å². The van der Waals surface area contributed by atoms with E-state index in [1.165, 1.54) is 7.11 Å². The minimum atomic E-state index is -0.358. The molecule has 1 amide bonds. The Hall–Kier alpha value is -4.00. The average Bonchev–Trinajstić information content (AvgIpc) is 2.90. The molecule has 0 aliphatic rings. The van der Waals surface area contributed by atoms with E-state index in [9.17, 15) is 4.79 Å². The number of carbonyl (C=O) groups is 1. The number of methoxy groups -OCH3 is 1. The predicted octanol–water partition coefficient (Wildman–Crippen LogP) is 7.87. The minimum absolute atomic E-state index is 0.258. The van der Waals surface area contributed by atoms with Crippen molar-refractivity contribution >= 4 is 46.7 Å². The average molecular weight is 535 g/mol. The van der Waals surface area contributed by atoms with Crippen LogP contribution in [0, 0.1) is 6.92 Å². The number of aryl methyl sites for hydroxylation is 1. The monoisotopic (exact) mass is 534 g/mol. The number of benzene rings is 4. The highest BCUT2D eigenvalue weighted by atomic mass is 35.5. The number of nitrogens with one attached hydrogen (secondary N) is 1. The summed E-state index contributed by atoms with van der Waals surface area (Å²) < 4.78 is 16.9. The molecule has 0 aliphatic heterocycles. The second kappa shape index (κ2) is 12.3. The van der Waals surface area contributed by atoms with Crippen LogP contribution in [-0.4, -0.2) is 25.8 Å². The van der Waals surface area contributed by atoms with Crippen LogP contribution in [0.1, 0.15) is 11.1 Å². The van der Waals surface area contributed by atoms with Gasteiger partial charge in [-0.1, -0.05) is 47.5 Å². The first-order valence-corrected chi connectivity index (χ1v) is 12.1. The Labute approximate surface area is 225 Å². The van der Waals surface area contributed by atoms with Gasteiger partial charge in [-0.25, -0.2) is 0 Å². The van der Waals surface area contributed by atoms with Crippen LogP contribution in [0.2, 0.25) is 10.0 Å². The van der Waals surface area contributed by atoms with Crippen molar-refractivity contribution < 1.29 is 19.0 Å². The lowest BCUT2D eigenvalue weighted by Crippen LogP contribution is -2.20. The van der Waals surface area contributed by atoms with Gasteiger partial charge >= 0.3 is 0 Å². The number of halogens is 2. The topological polar surface area (TPSA) is 69.1 Å². The fourth-order valence-corrected chi connectivity index (χ4v) is 3.79. The number of nitrogens with zero attached hydrogens (tertiary/aromatic N) is 1. The molecule has 0 radical (unpaired) electrons. The molecule has 37 heavy (non-hydrogen) atoms. The van der Waals surface area contributed by atoms with E-state index in [4.69, 9.17) is 37.4 Å². The van der Waals surface area contributed by atoms with Gasteiger partial charge in [0.15, 0.2) is 18.1 Å². The van der Waals surface area contributed by atoms with Gasteiger partial charge in [-0.15, -0.1) is 0 Å². The quantitative estimate of drug-likeness (QED) is 0.222. The van der Waals surface area contributed by atoms with Crippen molar-refractivity contribution in [2.45, 2.75) is 6.92 Å². The number of anilines is 1. The summed E-state index contributed by atoms with van der Waals surface area (Å²) in [4.78, 5) is 16.8. The third kappa shape index (κ3) is 7.26. The molecular formula is C29H24Cl2N2O4. The van der Waals surface area contributed by atoms with E-state index in [0.29, 0.717) is 32.8 Å². The SMILES string of the molecule is COc1cc(C=Nc2ccc(Oc3ccccc3)cc2)cc(Cl)c1OCC(=O)Nc1ccc(C)c(Cl)c1. The molecule has 0 unspecified atom stereocenters. The van der Waals surface area contributed by atoms with Gasteiger partial charge in [0, 0.05) is 16.9 Å². The lowest BCUT2D eigenvalue weighted by atomic mass is 10.2. The number of amides is 1. The molecule has 0 bridgehead atoms. The van der Waals surface area contributed by atoms with Gasteiger partial charge in [-0.3, -0.25) is 9.79 Å². The zero-order valence-electron chi connectivity index (χ0n) is 20.2. The Morgan fingerprint density at radius 3 is 2.35 bits per heavy atom. The highest BCUT2D eigenvalue weighted by Gasteiger charge is 2.14. The summed E-state index contributed by atoms with van der Waals surface area (Å²) in [6.45, 7) is 1.63. The number of hydrogen-bond acceptors (Lipinski definition) is 5. The Morgan fingerprint density at radius 2 is 1.65 bits per heavy atom. The summed E-state index contributed by atoms with van der Waals surface area (Å²) in [5.74, 6) is 1.77. The van der Waals surface area contributed by atoms with E-state index in [0.717, 1.165) is 17.0 Å². The Morgan fingerprint density at radius 1 is 0.919 bits per heavy atom. The Bertz CT molecular complexity index is 1410. The number of rotatable bonds is 9. The van der Waals surface area contributed by atoms with Crippen LogP contribution in [0.25, 0.3) is 0 Å². The molecule has 0 heterocycles. The highest BCUT2D eigenvalue weighted by Crippen LogP contribution is 2.36. The largest absolute Gasteiger partial charge is 0.493 e. The van der Waals surface area contributed by atoms with Gasteiger partial charge in [0.1, 0.15) is 11.5 Å². The van der Waals surface area contributed by atoms with Gasteiger partial charge in [-0.2, -0.15) is 0 Å². The van der Waals surface area contributed by atoms with Crippen molar-refractivity contribution in [1.82, 2.24) is 0 Å². The van der Waals surface area contributed by atoms with Gasteiger partial charge in [0.2, 0.25) is 0 Å². The normalized spacial score (nSPS) is 10.8. The number of aliphatic imine (C=N–C) groups is 1. The van der Waals surface area contributed by atoms with Crippen molar-refractivity contribution in [3.05, 3.63) is 106 Å². The molecular weight excluding hydrogens is 511 g/mol. The predicted molar refractivity (Wildman–Crippen MR) is 149 cm³/mol. The molecule has 0 saturated carbocycles. The summed E-state index contributed by atoms with van der Waals surface area (Å²) >= 11 is 12.6. The minimum Gasteiger partial charge on any atom is -0.493 e. The van der Waals surface area contributed by atoms with E-state index in [1.54, 1.807) is 30.5 Å². The molecule has 0 aromatic heterocycles. The number of ether oxygens (including phenoxy) is 3. The van der Waals surface area contributed by atoms with Gasteiger partial charge in [0.25, 0.3) is 5.91 Å². The molecule has 4 aromatic rings. The standard InChI is InChI=1S/C29H24Cl2N2O4/c1-19-8-9-22(16-25(19)30)33-28(34)18-36-29-26(31)14-20(15-27(29)35-2)17-32-21-10-12-24(13-11-21)37-23-6-4-3-5-7-23/h3-17H,18H2,1-2H3,(H,33,34). The molecule has 4 rings (SSSR count). The Balaban J connectivity index is 1.39. The summed E-state index contributed by atoms with van der Waals surface area (Å²) in [5, 5.41) is 3.60. The van der Waals surface area contributed by atoms with Crippen molar-refractivity contribution in [3.8, 4) is 23.0 Å². The molecule has 0 aliphatic carbocycles. The maximum Gasteiger partial charge on any atom is 0.262 e. The zero-order chi connectivity index (χ0) is 26.2. The molecule has 0 fully saturated rings. The van der Waals surface area contributed by atoms with Gasteiger partial charge < -0.3 is 19.5 Å². The van der Waals surface area contributed by atoms with E-state index < -0.39 is 0 Å². The van der Waals surface area contributed by atoms with Crippen LogP contribution in [0.15, 0.2) is 89.9 Å². The fourth-order valence-electron chi connectivity index (χ4n) is 3.33. The first-order chi connectivity index (χ1) is 17.9. The lowest BCUT2D eigenvalue weighted by Gasteiger charge is -2.13. The van der Waals surface area contributed by atoms with Crippen molar-refractivity contribution in [3.63, 3.8) is 0 Å². The summed E-state index contributed by atoms with van der Waals surface area (Å²) in [6, 6.07) is 25.6. The van der Waals surface area contributed by atoms with Crippen molar-refractivity contribution in [2.75, 3.05) is 19.0 Å². The van der Waals surface area contributed by atoms with Gasteiger partial charge in [0.05, 0.1) is 17.8 Å². The third-order valence-corrected chi connectivity index (χ3v) is 5.92. The van der Waals surface area contributed by atoms with Crippen LogP contribution in [0.3, 0.4) is 0 Å². The third-order valence-electron chi connectivity index (χ3n) is 5.23. The summed E-state index contributed by atoms with van der Waals surface area (Å²) in [7, 11) is 1.50. The molecule has 4 aromatic carbocycles. The zero-order valence-corrected chi connectivity index (χ0v) is 21.7. The molecule has 0 saturated heterocycles. The molecule has 0 atom stereocenters. The van der Waals surface area contributed by atoms with Crippen LogP contribution >= 0.6 is 23.2 Å². The van der Waals surface area contributed by atoms with Crippen molar-refractivity contribution in [1.29, 1.82) is 0 Å². The molecule has 188 valence electrons. The van der Waals surface area contributed by atoms with Gasteiger partial charge in [-0.05, 0) is 78.7 Å². The lowest BCUT2D eigenvalue weighted by molar-refractivity contribution is -0.118. The summed E-state index contributed by atoms with van der Waals surface area (Å²) in [5.41, 5.74) is 2.94. The maximum absolute atomic E-state index is 12.4. The number of para-hydroxylation sites is 1. The van der Waals surface area contributed by atoms with E-state index in [2.05, 4.69) is 10.3 Å². The smallest absolute Gasteiger partial charge is 0.262 e. The number of carbonyl (C=O) groups excluding carboxylic acids is 1.